The van der Waals surface area contributed by atoms with Gasteiger partial charge in [-0.15, -0.1) is 0 Å². The van der Waals surface area contributed by atoms with Gasteiger partial charge in [-0.05, 0) is 190 Å². The molecule has 8 aromatic carbocycles. The lowest BCUT2D eigenvalue weighted by Crippen LogP contribution is -2.18. The van der Waals surface area contributed by atoms with Gasteiger partial charge < -0.3 is 44.1 Å². The Morgan fingerprint density at radius 1 is 0.190 bits per heavy atom. The molecule has 9 heteroatoms. The summed E-state index contributed by atoms with van der Waals surface area (Å²) < 4.78 is 36.1. The monoisotopic (exact) mass is 1420 g/mol. The highest BCUT2D eigenvalue weighted by atomic mass is 16.5. The number of aromatic hydroxyl groups is 4. The molecule has 9 nitrogen and oxygen atoms in total. The first-order valence-corrected chi connectivity index (χ1v) is 38.8. The molecule has 4 heterocycles. The molecule has 0 unspecified atom stereocenters. The summed E-state index contributed by atoms with van der Waals surface area (Å²) >= 11 is 0. The number of hydrogen-bond donors (Lipinski definition) is 4. The van der Waals surface area contributed by atoms with E-state index in [1.165, 1.54) is 0 Å². The van der Waals surface area contributed by atoms with Crippen molar-refractivity contribution in [3.05, 3.63) is 231 Å². The van der Waals surface area contributed by atoms with Crippen molar-refractivity contribution in [1.29, 1.82) is 0 Å². The van der Waals surface area contributed by atoms with Gasteiger partial charge in [-0.3, -0.25) is 0 Å². The second kappa shape index (κ2) is 29.0. The number of phenolic OH excluding ortho intramolecular Hbond substituents is 4. The van der Waals surface area contributed by atoms with Crippen LogP contribution in [-0.4, -0.2) is 60.1 Å². The summed E-state index contributed by atoms with van der Waals surface area (Å²) in [7, 11) is 0. The van der Waals surface area contributed by atoms with Gasteiger partial charge in [-0.1, -0.05) is 263 Å². The molecule has 8 aromatic rings. The van der Waals surface area contributed by atoms with Gasteiger partial charge in [-0.2, -0.15) is 0 Å². The Kier molecular flexibility index (Phi) is 21.6. The predicted molar refractivity (Wildman–Crippen MR) is 432 cm³/mol. The zero-order valence-electron chi connectivity index (χ0n) is 68.4. The van der Waals surface area contributed by atoms with Gasteiger partial charge in [0.05, 0.1) is 26.4 Å². The van der Waals surface area contributed by atoms with Gasteiger partial charge in [0, 0.05) is 51.4 Å². The van der Waals surface area contributed by atoms with Crippen LogP contribution in [0.25, 0.3) is 0 Å². The van der Waals surface area contributed by atoms with Crippen LogP contribution in [0.2, 0.25) is 0 Å². The van der Waals surface area contributed by atoms with E-state index in [4.69, 9.17) is 23.7 Å². The first-order valence-electron chi connectivity index (χ1n) is 38.8. The SMILES string of the molecule is CC(C)(C)c1cc2c(O)c(c1)Cc1cc(C(C)(C)C)cc3c1OCCOCCOc1c4cc(C(C)(C)C)cc1Cc1cc(C(C)(C)C)cc(c1O)Cc1cc(C(C)(C)C)cc(c1OCCCCOc1c(cc(C(C)(C)C)cc1Cc1cc(C(C)(C)C)cc(c1O)C4)C2)Cc1cc(C(C)(C)C)cc(c1O)C3. The molecule has 0 aromatic heterocycles. The molecule has 0 radical (unpaired) electrons. The molecule has 4 aliphatic heterocycles. The highest BCUT2D eigenvalue weighted by Crippen LogP contribution is 2.48. The van der Waals surface area contributed by atoms with Crippen LogP contribution in [0.3, 0.4) is 0 Å². The van der Waals surface area contributed by atoms with E-state index in [2.05, 4.69) is 263 Å². The zero-order valence-corrected chi connectivity index (χ0v) is 68.4. The fourth-order valence-electron chi connectivity index (χ4n) is 15.1. The number of rotatable bonds is 0. The van der Waals surface area contributed by atoms with Crippen molar-refractivity contribution in [2.75, 3.05) is 39.6 Å². The molecule has 12 rings (SSSR count). The van der Waals surface area contributed by atoms with Crippen molar-refractivity contribution in [3.8, 4) is 46.0 Å². The molecule has 0 spiro atoms. The average molecular weight is 1420 g/mol. The Labute approximate surface area is 630 Å². The topological polar surface area (TPSA) is 127 Å². The Bertz CT molecular complexity index is 4050. The summed E-state index contributed by atoms with van der Waals surface area (Å²) in [6.45, 7) is 55.4. The number of ether oxygens (including phenoxy) is 5. The standard InChI is InChI=1S/C96H124O9/c1-89(2,3)73-41-57-33-65-49-77(93(13,14)15)50-66-34-58-42-74(90(4,5)6)47-63(82(58)98)39-71-55-80(96(22,23)24)56-72-40-64-48-76(92(10,11)12)44-60(84(64)100)36-68-52-78(94(16,17)18)51-67(86(68)103-28-26-25-27-102-85(65)66)35-59-43-75(91(7,8)9)46-62(83(59)99)38-70-54-79(95(19,20)21)53-69(37-61(45-73)81(57)97)87(70)104-31-29-101-30-32-105-88(71)72/h41-56,97-100H,25-40H2,1-24H3. The van der Waals surface area contributed by atoms with E-state index in [-0.39, 0.29) is 92.7 Å². The quantitative estimate of drug-likeness (QED) is 0.110. The summed E-state index contributed by atoms with van der Waals surface area (Å²) in [5.41, 5.74) is 20.1. The minimum atomic E-state index is -0.319. The first-order chi connectivity index (χ1) is 48.7. The van der Waals surface area contributed by atoms with Crippen molar-refractivity contribution in [2.24, 2.45) is 0 Å². The molecule has 105 heavy (non-hydrogen) atoms. The second-order valence-corrected chi connectivity index (χ2v) is 39.2. The molecule has 4 aliphatic rings. The molecule has 0 fully saturated rings. The Morgan fingerprint density at radius 3 is 0.467 bits per heavy atom. The van der Waals surface area contributed by atoms with Crippen LogP contribution in [0, 0.1) is 0 Å². The second-order valence-electron chi connectivity index (χ2n) is 39.2. The lowest BCUT2D eigenvalue weighted by atomic mass is 9.79. The Hall–Kier alpha value is -7.88. The maximum atomic E-state index is 13.4. The molecule has 0 atom stereocenters. The van der Waals surface area contributed by atoms with Gasteiger partial charge in [0.15, 0.2) is 0 Å². The lowest BCUT2D eigenvalue weighted by Gasteiger charge is -2.28. The minimum absolute atomic E-state index is 0.200. The molecular weight excluding hydrogens is 1300 g/mol. The lowest BCUT2D eigenvalue weighted by molar-refractivity contribution is 0.0756. The summed E-state index contributed by atoms with van der Waals surface area (Å²) in [6.07, 6.45) is 4.11. The van der Waals surface area contributed by atoms with Crippen molar-refractivity contribution in [2.45, 2.75) is 274 Å². The van der Waals surface area contributed by atoms with E-state index in [9.17, 15) is 20.4 Å². The van der Waals surface area contributed by atoms with E-state index >= 15 is 0 Å². The van der Waals surface area contributed by atoms with E-state index in [0.29, 0.717) is 88.9 Å². The van der Waals surface area contributed by atoms with Gasteiger partial charge in [0.2, 0.25) is 0 Å². The summed E-state index contributed by atoms with van der Waals surface area (Å²) in [6, 6.07) is 35.8. The summed E-state index contributed by atoms with van der Waals surface area (Å²) in [5, 5.41) is 53.5. The predicted octanol–water partition coefficient (Wildman–Crippen LogP) is 22.3. The van der Waals surface area contributed by atoms with Crippen LogP contribution >= 0.6 is 0 Å². The van der Waals surface area contributed by atoms with Crippen molar-refractivity contribution < 1.29 is 44.1 Å². The molecule has 0 aliphatic carbocycles. The highest BCUT2D eigenvalue weighted by molar-refractivity contribution is 5.63. The Morgan fingerprint density at radius 2 is 0.324 bits per heavy atom. The maximum absolute atomic E-state index is 13.4. The van der Waals surface area contributed by atoms with Crippen LogP contribution in [0.5, 0.6) is 46.0 Å². The number of fused-ring (bicyclic) bond motifs is 11. The maximum Gasteiger partial charge on any atom is 0.126 e. The smallest absolute Gasteiger partial charge is 0.126 e. The van der Waals surface area contributed by atoms with Crippen LogP contribution in [0.4, 0.5) is 0 Å². The summed E-state index contributed by atoms with van der Waals surface area (Å²) in [5.74, 6) is 3.76. The number of hydrogen-bond acceptors (Lipinski definition) is 9. The van der Waals surface area contributed by atoms with Gasteiger partial charge in [0.25, 0.3) is 0 Å². The normalized spacial score (nSPS) is 15.6. The third kappa shape index (κ3) is 17.7. The van der Waals surface area contributed by atoms with E-state index in [1.807, 2.05) is 0 Å². The molecule has 0 amide bonds. The van der Waals surface area contributed by atoms with Gasteiger partial charge >= 0.3 is 0 Å². The molecule has 0 saturated carbocycles. The van der Waals surface area contributed by atoms with E-state index in [1.54, 1.807) is 0 Å². The molecular formula is C96H124O9. The largest absolute Gasteiger partial charge is 0.507 e. The molecule has 562 valence electrons. The minimum Gasteiger partial charge on any atom is -0.507 e. The fourth-order valence-corrected chi connectivity index (χ4v) is 15.1. The molecule has 0 saturated heterocycles. The van der Waals surface area contributed by atoms with Crippen LogP contribution in [0.1, 0.15) is 313 Å². The van der Waals surface area contributed by atoms with Crippen LogP contribution in [-0.2, 0) is 99.4 Å². The van der Waals surface area contributed by atoms with Crippen LogP contribution in [0.15, 0.2) is 97.1 Å². The van der Waals surface area contributed by atoms with E-state index < -0.39 is 0 Å². The third-order valence-corrected chi connectivity index (χ3v) is 22.0. The van der Waals surface area contributed by atoms with Crippen LogP contribution < -0.4 is 18.9 Å². The molecule has 20 bridgehead atoms. The van der Waals surface area contributed by atoms with Gasteiger partial charge in [-0.25, -0.2) is 0 Å². The molecule has 4 N–H and O–H groups in total. The third-order valence-electron chi connectivity index (χ3n) is 22.0. The fraction of sp³-hybridized carbons (Fsp3) is 0.500. The average Bonchev–Trinajstić information content (AvgIpc) is 0.858. The highest BCUT2D eigenvalue weighted by Gasteiger charge is 2.33. The number of benzene rings is 8. The van der Waals surface area contributed by atoms with Crippen molar-refractivity contribution >= 4 is 0 Å². The zero-order chi connectivity index (χ0) is 76.6. The summed E-state index contributed by atoms with van der Waals surface area (Å²) in [4.78, 5) is 0. The number of phenols is 4. The first kappa shape index (κ1) is 78.2. The van der Waals surface area contributed by atoms with Crippen molar-refractivity contribution in [1.82, 2.24) is 0 Å². The van der Waals surface area contributed by atoms with Gasteiger partial charge in [0.1, 0.15) is 59.2 Å². The van der Waals surface area contributed by atoms with Crippen molar-refractivity contribution in [3.63, 3.8) is 0 Å². The van der Waals surface area contributed by atoms with E-state index in [0.717, 1.165) is 145 Å². The Balaban J connectivity index is 1.31.